The van der Waals surface area contributed by atoms with Gasteiger partial charge in [0.15, 0.2) is 0 Å². The molecule has 0 bridgehead atoms. The number of halogens is 4. The fourth-order valence-electron chi connectivity index (χ4n) is 2.11. The summed E-state index contributed by atoms with van der Waals surface area (Å²) in [7, 11) is 0. The second-order valence-corrected chi connectivity index (χ2v) is 4.85. The molecule has 2 nitrogen and oxygen atoms in total. The maximum absolute atomic E-state index is 12.4. The molecule has 0 aromatic heterocycles. The topological polar surface area (TPSA) is 21.3 Å². The van der Waals surface area contributed by atoms with Gasteiger partial charge in [-0.3, -0.25) is 0 Å². The van der Waals surface area contributed by atoms with Crippen LogP contribution in [0.3, 0.4) is 0 Å². The third kappa shape index (κ3) is 4.28. The second kappa shape index (κ2) is 6.01. The highest BCUT2D eigenvalue weighted by molar-refractivity contribution is 5.85. The summed E-state index contributed by atoms with van der Waals surface area (Å²) in [5.74, 6) is 0.481. The summed E-state index contributed by atoms with van der Waals surface area (Å²) in [5.41, 5.74) is -0.986. The molecular formula is C13H17ClF3NO. The standard InChI is InChI=1S/C13H16F3NO.ClH/c1-12(7-2-8-17-9-12)18-11-5-3-10(4-6-11)13(14,15)16;/h3-6,17H,2,7-9H2,1H3;1H/t12-;/m0./s1. The number of benzene rings is 1. The minimum atomic E-state index is -4.30. The van der Waals surface area contributed by atoms with E-state index in [0.717, 1.165) is 31.5 Å². The molecule has 2 rings (SSSR count). The zero-order valence-corrected chi connectivity index (χ0v) is 11.4. The van der Waals surface area contributed by atoms with Crippen LogP contribution in [0.1, 0.15) is 25.3 Å². The molecule has 1 saturated heterocycles. The van der Waals surface area contributed by atoms with Crippen molar-refractivity contribution in [3.05, 3.63) is 29.8 Å². The minimum Gasteiger partial charge on any atom is -0.486 e. The minimum absolute atomic E-state index is 0. The lowest BCUT2D eigenvalue weighted by atomic mass is 9.96. The van der Waals surface area contributed by atoms with Crippen LogP contribution >= 0.6 is 12.4 Å². The zero-order valence-electron chi connectivity index (χ0n) is 10.6. The largest absolute Gasteiger partial charge is 0.486 e. The third-order valence-corrected chi connectivity index (χ3v) is 3.10. The van der Waals surface area contributed by atoms with E-state index in [1.807, 2.05) is 6.92 Å². The Kier molecular flexibility index (Phi) is 5.10. The highest BCUT2D eigenvalue weighted by atomic mass is 35.5. The van der Waals surface area contributed by atoms with E-state index in [2.05, 4.69) is 5.32 Å². The Bertz CT molecular complexity index is 399. The Morgan fingerprint density at radius 2 is 1.84 bits per heavy atom. The van der Waals surface area contributed by atoms with E-state index < -0.39 is 11.7 Å². The summed E-state index contributed by atoms with van der Waals surface area (Å²) in [6, 6.07) is 4.86. The van der Waals surface area contributed by atoms with Crippen LogP contribution in [0, 0.1) is 0 Å². The van der Waals surface area contributed by atoms with E-state index in [1.165, 1.54) is 12.1 Å². The average molecular weight is 296 g/mol. The van der Waals surface area contributed by atoms with Crippen LogP contribution < -0.4 is 10.1 Å². The van der Waals surface area contributed by atoms with E-state index in [-0.39, 0.29) is 18.0 Å². The summed E-state index contributed by atoms with van der Waals surface area (Å²) in [6.07, 6.45) is -2.38. The van der Waals surface area contributed by atoms with Gasteiger partial charge in [-0.05, 0) is 50.6 Å². The van der Waals surface area contributed by atoms with Gasteiger partial charge in [-0.15, -0.1) is 12.4 Å². The Labute approximate surface area is 116 Å². The molecule has 108 valence electrons. The second-order valence-electron chi connectivity index (χ2n) is 4.85. The van der Waals surface area contributed by atoms with Crippen LogP contribution in [0.5, 0.6) is 5.75 Å². The highest BCUT2D eigenvalue weighted by Gasteiger charge is 2.31. The molecule has 1 aliphatic heterocycles. The molecule has 0 unspecified atom stereocenters. The number of rotatable bonds is 2. The highest BCUT2D eigenvalue weighted by Crippen LogP contribution is 2.31. The molecule has 1 aliphatic rings. The van der Waals surface area contributed by atoms with Crippen molar-refractivity contribution in [2.75, 3.05) is 13.1 Å². The van der Waals surface area contributed by atoms with Crippen LogP contribution in [0.15, 0.2) is 24.3 Å². The Morgan fingerprint density at radius 1 is 1.21 bits per heavy atom. The average Bonchev–Trinajstić information content (AvgIpc) is 2.29. The van der Waals surface area contributed by atoms with Gasteiger partial charge in [-0.25, -0.2) is 0 Å². The smallest absolute Gasteiger partial charge is 0.416 e. The number of nitrogens with one attached hydrogen (secondary N) is 1. The molecule has 0 saturated carbocycles. The maximum Gasteiger partial charge on any atom is 0.416 e. The van der Waals surface area contributed by atoms with Crippen molar-refractivity contribution in [3.63, 3.8) is 0 Å². The molecule has 1 aromatic carbocycles. The first kappa shape index (κ1) is 16.1. The van der Waals surface area contributed by atoms with Crippen molar-refractivity contribution in [3.8, 4) is 5.75 Å². The van der Waals surface area contributed by atoms with Crippen molar-refractivity contribution in [1.29, 1.82) is 0 Å². The molecule has 1 atom stereocenters. The summed E-state index contributed by atoms with van der Waals surface area (Å²) < 4.78 is 43.0. The first-order chi connectivity index (χ1) is 8.39. The van der Waals surface area contributed by atoms with Crippen molar-refractivity contribution in [2.45, 2.75) is 31.5 Å². The molecule has 0 aliphatic carbocycles. The summed E-state index contributed by atoms with van der Waals surface area (Å²) in [4.78, 5) is 0. The molecule has 0 radical (unpaired) electrons. The predicted molar refractivity (Wildman–Crippen MR) is 69.8 cm³/mol. The lowest BCUT2D eigenvalue weighted by molar-refractivity contribution is -0.137. The van der Waals surface area contributed by atoms with Gasteiger partial charge in [-0.1, -0.05) is 0 Å². The predicted octanol–water partition coefficient (Wildman–Crippen LogP) is 3.65. The first-order valence-electron chi connectivity index (χ1n) is 5.96. The molecule has 1 aromatic rings. The number of piperidine rings is 1. The summed E-state index contributed by atoms with van der Waals surface area (Å²) in [5, 5.41) is 3.23. The molecule has 1 fully saturated rings. The van der Waals surface area contributed by atoms with Crippen LogP contribution in [-0.4, -0.2) is 18.7 Å². The fourth-order valence-corrected chi connectivity index (χ4v) is 2.11. The third-order valence-electron chi connectivity index (χ3n) is 3.10. The van der Waals surface area contributed by atoms with Crippen molar-refractivity contribution < 1.29 is 17.9 Å². The molecule has 0 spiro atoms. The Hall–Kier alpha value is -0.940. The van der Waals surface area contributed by atoms with E-state index in [1.54, 1.807) is 0 Å². The van der Waals surface area contributed by atoms with Gasteiger partial charge >= 0.3 is 6.18 Å². The number of alkyl halides is 3. The van der Waals surface area contributed by atoms with Gasteiger partial charge in [0, 0.05) is 6.54 Å². The monoisotopic (exact) mass is 295 g/mol. The fraction of sp³-hybridized carbons (Fsp3) is 0.538. The lowest BCUT2D eigenvalue weighted by Gasteiger charge is -2.34. The van der Waals surface area contributed by atoms with Gasteiger partial charge in [0.1, 0.15) is 11.4 Å². The molecule has 1 heterocycles. The number of hydrogen-bond donors (Lipinski definition) is 1. The normalized spacial score (nSPS) is 23.6. The van der Waals surface area contributed by atoms with Crippen LogP contribution in [0.4, 0.5) is 13.2 Å². The zero-order chi connectivity index (χ0) is 13.2. The molecule has 19 heavy (non-hydrogen) atoms. The van der Waals surface area contributed by atoms with E-state index in [9.17, 15) is 13.2 Å². The van der Waals surface area contributed by atoms with Crippen LogP contribution in [-0.2, 0) is 6.18 Å². The van der Waals surface area contributed by atoms with Gasteiger partial charge in [0.05, 0.1) is 5.56 Å². The van der Waals surface area contributed by atoms with Gasteiger partial charge < -0.3 is 10.1 Å². The molecule has 6 heteroatoms. The first-order valence-corrected chi connectivity index (χ1v) is 5.96. The van der Waals surface area contributed by atoms with E-state index >= 15 is 0 Å². The van der Waals surface area contributed by atoms with Crippen LogP contribution in [0.25, 0.3) is 0 Å². The van der Waals surface area contributed by atoms with Crippen LogP contribution in [0.2, 0.25) is 0 Å². The quantitative estimate of drug-likeness (QED) is 0.899. The number of hydrogen-bond acceptors (Lipinski definition) is 2. The Morgan fingerprint density at radius 3 is 2.32 bits per heavy atom. The lowest BCUT2D eigenvalue weighted by Crippen LogP contribution is -2.47. The van der Waals surface area contributed by atoms with E-state index in [4.69, 9.17) is 4.74 Å². The SMILES string of the molecule is C[C@]1(Oc2ccc(C(F)(F)F)cc2)CCCNC1.Cl. The molecule has 0 amide bonds. The van der Waals surface area contributed by atoms with Crippen molar-refractivity contribution in [1.82, 2.24) is 5.32 Å². The Balaban J connectivity index is 0.00000180. The van der Waals surface area contributed by atoms with Gasteiger partial charge in [-0.2, -0.15) is 13.2 Å². The summed E-state index contributed by atoms with van der Waals surface area (Å²) >= 11 is 0. The van der Waals surface area contributed by atoms with Gasteiger partial charge in [0.25, 0.3) is 0 Å². The van der Waals surface area contributed by atoms with E-state index in [0.29, 0.717) is 12.3 Å². The van der Waals surface area contributed by atoms with Gasteiger partial charge in [0.2, 0.25) is 0 Å². The molecule has 1 N–H and O–H groups in total. The molecular weight excluding hydrogens is 279 g/mol. The maximum atomic E-state index is 12.4. The van der Waals surface area contributed by atoms with Crippen molar-refractivity contribution >= 4 is 12.4 Å². The number of ether oxygens (including phenoxy) is 1. The van der Waals surface area contributed by atoms with Crippen molar-refractivity contribution in [2.24, 2.45) is 0 Å². The summed E-state index contributed by atoms with van der Waals surface area (Å²) in [6.45, 7) is 3.65.